The van der Waals surface area contributed by atoms with Crippen molar-refractivity contribution in [2.75, 3.05) is 26.6 Å². The predicted molar refractivity (Wildman–Crippen MR) is 106 cm³/mol. The third-order valence-electron chi connectivity index (χ3n) is 3.73. The number of thiophene rings is 1. The van der Waals surface area contributed by atoms with Crippen LogP contribution in [0.1, 0.15) is 10.4 Å². The molecule has 0 aliphatic rings. The molecule has 1 N–H and O–H groups in total. The van der Waals surface area contributed by atoms with Gasteiger partial charge in [0.2, 0.25) is 11.5 Å². The second kappa shape index (κ2) is 8.23. The lowest BCUT2D eigenvalue weighted by molar-refractivity contribution is -0.386. The molecule has 0 fully saturated rings. The zero-order valence-electron chi connectivity index (χ0n) is 15.0. The number of nitro groups is 1. The molecule has 0 saturated carbocycles. The zero-order chi connectivity index (χ0) is 20.3. The van der Waals surface area contributed by atoms with Gasteiger partial charge in [0.05, 0.1) is 36.8 Å². The zero-order valence-corrected chi connectivity index (χ0v) is 16.7. The Kier molecular flexibility index (Phi) is 5.76. The smallest absolute Gasteiger partial charge is 0.327 e. The molecular weight excluding hydrogens is 406 g/mol. The number of nitrogens with zero attached hydrogens (tertiary/aromatic N) is 2. The molecule has 0 aliphatic heterocycles. The summed E-state index contributed by atoms with van der Waals surface area (Å²) in [7, 11) is 3.94. The van der Waals surface area contributed by atoms with Crippen molar-refractivity contribution in [2.45, 2.75) is 0 Å². The first-order chi connectivity index (χ1) is 13.5. The summed E-state index contributed by atoms with van der Waals surface area (Å²) in [4.78, 5) is 29.0. The number of nitro benzene ring substituents is 1. The van der Waals surface area contributed by atoms with Gasteiger partial charge in [0.1, 0.15) is 5.56 Å². The highest BCUT2D eigenvalue weighted by molar-refractivity contribution is 7.16. The summed E-state index contributed by atoms with van der Waals surface area (Å²) in [6, 6.07) is 5.05. The van der Waals surface area contributed by atoms with Crippen LogP contribution < -0.4 is 19.5 Å². The minimum Gasteiger partial charge on any atom is -0.493 e. The van der Waals surface area contributed by atoms with Crippen LogP contribution in [0.15, 0.2) is 29.0 Å². The van der Waals surface area contributed by atoms with Gasteiger partial charge >= 0.3 is 5.69 Å². The lowest BCUT2D eigenvalue weighted by Gasteiger charge is -2.14. The second-order valence-electron chi connectivity index (χ2n) is 5.27. The van der Waals surface area contributed by atoms with E-state index in [1.807, 2.05) is 17.5 Å². The summed E-state index contributed by atoms with van der Waals surface area (Å²) in [6.45, 7) is 0. The first kappa shape index (κ1) is 19.6. The van der Waals surface area contributed by atoms with E-state index in [4.69, 9.17) is 14.2 Å². The molecule has 2 aromatic heterocycles. The summed E-state index contributed by atoms with van der Waals surface area (Å²) in [5, 5.41) is 18.3. The largest absolute Gasteiger partial charge is 0.493 e. The van der Waals surface area contributed by atoms with Crippen LogP contribution >= 0.6 is 22.7 Å². The normalized spacial score (nSPS) is 10.4. The lowest BCUT2D eigenvalue weighted by Crippen LogP contribution is -2.15. The summed E-state index contributed by atoms with van der Waals surface area (Å²) >= 11 is 2.74. The maximum Gasteiger partial charge on any atom is 0.327 e. The Labute approximate surface area is 167 Å². The molecule has 0 spiro atoms. The van der Waals surface area contributed by atoms with Gasteiger partial charge in [0.25, 0.3) is 5.91 Å². The molecule has 9 nitrogen and oxygen atoms in total. The van der Waals surface area contributed by atoms with Gasteiger partial charge in [-0.3, -0.25) is 20.2 Å². The van der Waals surface area contributed by atoms with Crippen molar-refractivity contribution < 1.29 is 23.9 Å². The topological polar surface area (TPSA) is 113 Å². The second-order valence-corrected chi connectivity index (χ2v) is 7.07. The van der Waals surface area contributed by atoms with E-state index < -0.39 is 16.5 Å². The van der Waals surface area contributed by atoms with Crippen molar-refractivity contribution in [3.05, 3.63) is 44.6 Å². The Morgan fingerprint density at radius 3 is 2.50 bits per heavy atom. The van der Waals surface area contributed by atoms with Gasteiger partial charge in [-0.15, -0.1) is 22.7 Å². The molecule has 0 atom stereocenters. The molecule has 1 amide bonds. The van der Waals surface area contributed by atoms with Gasteiger partial charge in [0, 0.05) is 11.4 Å². The number of ether oxygens (including phenoxy) is 3. The van der Waals surface area contributed by atoms with E-state index in [0.717, 1.165) is 10.6 Å². The van der Waals surface area contributed by atoms with Crippen molar-refractivity contribution >= 4 is 39.4 Å². The minimum absolute atomic E-state index is 0.0301. The third-order valence-corrected chi connectivity index (χ3v) is 5.38. The summed E-state index contributed by atoms with van der Waals surface area (Å²) < 4.78 is 15.5. The average molecular weight is 421 g/mol. The van der Waals surface area contributed by atoms with Crippen LogP contribution in [0, 0.1) is 10.1 Å². The molecule has 0 aliphatic carbocycles. The quantitative estimate of drug-likeness (QED) is 0.452. The minimum atomic E-state index is -0.710. The van der Waals surface area contributed by atoms with Crippen molar-refractivity contribution in [3.63, 3.8) is 0 Å². The number of carbonyl (C=O) groups is 1. The van der Waals surface area contributed by atoms with E-state index in [0.29, 0.717) is 5.13 Å². The van der Waals surface area contributed by atoms with Gasteiger partial charge in [-0.05, 0) is 11.4 Å². The Hall–Kier alpha value is -3.18. The number of methoxy groups -OCH3 is 3. The number of thiazole rings is 1. The van der Waals surface area contributed by atoms with E-state index in [1.165, 1.54) is 50.1 Å². The van der Waals surface area contributed by atoms with Gasteiger partial charge in [-0.1, -0.05) is 6.07 Å². The standard InChI is InChI=1S/C17H15N3O6S2/c1-24-11-7-9(13(20(22)23)15(26-3)14(11)25-2)16(21)19-17-18-10(8-28-17)12-5-4-6-27-12/h4-8H,1-3H3,(H,18,19,21). The highest BCUT2D eigenvalue weighted by Gasteiger charge is 2.32. The lowest BCUT2D eigenvalue weighted by atomic mass is 10.1. The number of aromatic nitrogens is 1. The molecule has 0 bridgehead atoms. The number of rotatable bonds is 7. The highest BCUT2D eigenvalue weighted by atomic mass is 32.1. The molecule has 11 heteroatoms. The highest BCUT2D eigenvalue weighted by Crippen LogP contribution is 2.46. The Balaban J connectivity index is 2.00. The van der Waals surface area contributed by atoms with E-state index in [2.05, 4.69) is 10.3 Å². The number of hydrogen-bond acceptors (Lipinski definition) is 9. The summed E-state index contributed by atoms with van der Waals surface area (Å²) in [6.07, 6.45) is 0. The van der Waals surface area contributed by atoms with E-state index >= 15 is 0 Å². The maximum absolute atomic E-state index is 12.8. The number of hydrogen-bond donors (Lipinski definition) is 1. The van der Waals surface area contributed by atoms with Crippen LogP contribution in [-0.2, 0) is 0 Å². The van der Waals surface area contributed by atoms with Gasteiger partial charge < -0.3 is 14.2 Å². The molecule has 2 heterocycles. The monoisotopic (exact) mass is 421 g/mol. The average Bonchev–Trinajstić information content (AvgIpc) is 3.37. The number of nitrogens with one attached hydrogen (secondary N) is 1. The Bertz CT molecular complexity index is 1020. The van der Waals surface area contributed by atoms with Crippen LogP contribution in [0.4, 0.5) is 10.8 Å². The molecule has 28 heavy (non-hydrogen) atoms. The maximum atomic E-state index is 12.8. The van der Waals surface area contributed by atoms with E-state index in [-0.39, 0.29) is 22.8 Å². The molecule has 146 valence electrons. The molecule has 0 saturated heterocycles. The van der Waals surface area contributed by atoms with Crippen LogP contribution in [0.5, 0.6) is 17.2 Å². The van der Waals surface area contributed by atoms with E-state index in [1.54, 1.807) is 5.38 Å². The van der Waals surface area contributed by atoms with Crippen LogP contribution in [0.25, 0.3) is 10.6 Å². The van der Waals surface area contributed by atoms with Crippen molar-refractivity contribution in [1.82, 2.24) is 4.98 Å². The van der Waals surface area contributed by atoms with Crippen LogP contribution in [0.2, 0.25) is 0 Å². The number of carbonyl (C=O) groups excluding carboxylic acids is 1. The summed E-state index contributed by atoms with van der Waals surface area (Å²) in [5.41, 5.74) is -0.0326. The first-order valence-electron chi connectivity index (χ1n) is 7.78. The van der Waals surface area contributed by atoms with Gasteiger partial charge in [-0.25, -0.2) is 4.98 Å². The van der Waals surface area contributed by atoms with Crippen molar-refractivity contribution in [1.29, 1.82) is 0 Å². The third kappa shape index (κ3) is 3.62. The van der Waals surface area contributed by atoms with Crippen LogP contribution in [-0.4, -0.2) is 37.1 Å². The van der Waals surface area contributed by atoms with Crippen molar-refractivity contribution in [2.24, 2.45) is 0 Å². The molecule has 0 radical (unpaired) electrons. The first-order valence-corrected chi connectivity index (χ1v) is 9.54. The number of benzene rings is 1. The number of amides is 1. The van der Waals surface area contributed by atoms with Gasteiger partial charge in [0.15, 0.2) is 10.9 Å². The fourth-order valence-corrected chi connectivity index (χ4v) is 3.99. The molecule has 3 aromatic rings. The molecule has 3 rings (SSSR count). The molecule has 1 aromatic carbocycles. The van der Waals surface area contributed by atoms with E-state index in [9.17, 15) is 14.9 Å². The predicted octanol–water partition coefficient (Wildman–Crippen LogP) is 4.06. The fourth-order valence-electron chi connectivity index (χ4n) is 2.53. The Morgan fingerprint density at radius 2 is 1.93 bits per heavy atom. The molecular formula is C17H15N3O6S2. The van der Waals surface area contributed by atoms with Crippen LogP contribution in [0.3, 0.4) is 0 Å². The van der Waals surface area contributed by atoms with Gasteiger partial charge in [-0.2, -0.15) is 0 Å². The SMILES string of the molecule is COc1cc(C(=O)Nc2nc(-c3cccs3)cs2)c([N+](=O)[O-])c(OC)c1OC. The summed E-state index contributed by atoms with van der Waals surface area (Å²) in [5.74, 6) is -0.746. The number of anilines is 1. The fraction of sp³-hybridized carbons (Fsp3) is 0.176. The molecule has 0 unspecified atom stereocenters. The Morgan fingerprint density at radius 1 is 1.18 bits per heavy atom. The van der Waals surface area contributed by atoms with Crippen molar-refractivity contribution in [3.8, 4) is 27.8 Å².